The number of hydrogen-bond donors (Lipinski definition) is 3. The van der Waals surface area contributed by atoms with Crippen LogP contribution in [0, 0.1) is 0 Å². The molecule has 0 aromatic rings. The predicted octanol–water partition coefficient (Wildman–Crippen LogP) is -1.58. The summed E-state index contributed by atoms with van der Waals surface area (Å²) in [5.74, 6) is 0. The van der Waals surface area contributed by atoms with E-state index in [4.69, 9.17) is 19.2 Å². The topological polar surface area (TPSA) is 77.8 Å². The zero-order chi connectivity index (χ0) is 4.50. The zero-order valence-corrected chi connectivity index (χ0v) is 7.07. The first-order valence-electron chi connectivity index (χ1n) is 0.783. The molecule has 0 fully saturated rings. The molecule has 0 aliphatic carbocycles. The molecule has 4 nitrogen and oxygen atoms in total. The van der Waals surface area contributed by atoms with Gasteiger partial charge in [-0.2, -0.15) is 0 Å². The van der Waals surface area contributed by atoms with Crippen LogP contribution in [0.2, 0.25) is 0 Å². The van der Waals surface area contributed by atoms with Crippen LogP contribution in [0.15, 0.2) is 0 Å². The number of phosphoric acid groups is 1. The minimum atomic E-state index is -4.64. The van der Waals surface area contributed by atoms with Gasteiger partial charge in [-0.3, -0.25) is 0 Å². The van der Waals surface area contributed by atoms with Gasteiger partial charge in [-0.15, -0.1) is 0 Å². The smallest absolute Gasteiger partial charge is 0 e. The summed E-state index contributed by atoms with van der Waals surface area (Å²) in [5.41, 5.74) is 0. The third-order valence-corrected chi connectivity index (χ3v) is 0. The average molecular weight is 257 g/mol. The van der Waals surface area contributed by atoms with Crippen molar-refractivity contribution >= 4 is 26.7 Å². The van der Waals surface area contributed by atoms with Crippen LogP contribution in [0.3, 0.4) is 0 Å². The van der Waals surface area contributed by atoms with Crippen molar-refractivity contribution in [3.05, 3.63) is 0 Å². The molecule has 0 saturated carbocycles. The summed E-state index contributed by atoms with van der Waals surface area (Å²) in [6, 6.07) is 0. The molecule has 1 radical (unpaired) electrons. The van der Waals surface area contributed by atoms with E-state index < -0.39 is 7.82 Å². The van der Waals surface area contributed by atoms with Crippen molar-refractivity contribution < 1.29 is 57.4 Å². The largest absolute Gasteiger partial charge is 0 e. The van der Waals surface area contributed by atoms with Gasteiger partial charge in [0.15, 0.2) is 0 Å². The first kappa shape index (κ1) is 22.5. The molecule has 8 heavy (non-hydrogen) atoms. The second-order valence-corrected chi connectivity index (χ2v) is 1.54. The maximum absolute atomic E-state index is 8.88. The molecule has 0 aromatic heterocycles. The van der Waals surface area contributed by atoms with E-state index in [9.17, 15) is 0 Å². The van der Waals surface area contributed by atoms with Crippen LogP contribution >= 0.6 is 7.82 Å². The monoisotopic (exact) mass is 259 g/mol. The summed E-state index contributed by atoms with van der Waals surface area (Å²) < 4.78 is 8.88. The molecular weight excluding hydrogens is 253 g/mol. The molecule has 0 bridgehead atoms. The fourth-order valence-electron chi connectivity index (χ4n) is 0. The Morgan fingerprint density at radius 3 is 1.12 bits per heavy atom. The van der Waals surface area contributed by atoms with Crippen LogP contribution in [0.4, 0.5) is 0 Å². The Hall–Kier alpha value is 1.92. The molecule has 47 valence electrons. The summed E-state index contributed by atoms with van der Waals surface area (Å²) >= 11 is 0. The number of rotatable bonds is 0. The van der Waals surface area contributed by atoms with Crippen LogP contribution in [0.25, 0.3) is 0 Å². The Kier molecular flexibility index (Phi) is 25.1. The standard InChI is InChI=1S/Li.Mn.Mo.H3O4P.H/c;;;1-5(2,3)4;/h;;;(H3,1,2,3,4);. The van der Waals surface area contributed by atoms with Crippen LogP contribution in [0.5, 0.6) is 0 Å². The minimum Gasteiger partial charge on any atom is 0 e. The average Bonchev–Trinajstić information content (AvgIpc) is 0.722. The van der Waals surface area contributed by atoms with Crippen molar-refractivity contribution in [3.63, 3.8) is 0 Å². The van der Waals surface area contributed by atoms with Crippen molar-refractivity contribution in [3.8, 4) is 0 Å². The van der Waals surface area contributed by atoms with Gasteiger partial charge in [0.2, 0.25) is 0 Å². The molecule has 0 aliphatic rings. The summed E-state index contributed by atoms with van der Waals surface area (Å²) in [7, 11) is -4.64. The Morgan fingerprint density at radius 2 is 1.12 bits per heavy atom. The van der Waals surface area contributed by atoms with Crippen molar-refractivity contribution in [1.82, 2.24) is 0 Å². The van der Waals surface area contributed by atoms with Crippen LogP contribution in [0.1, 0.15) is 0 Å². The van der Waals surface area contributed by atoms with Crippen LogP contribution < -0.4 is 0 Å². The fraction of sp³-hybridized carbons (Fsp3) is 0. The first-order chi connectivity index (χ1) is 2.00. The molecule has 3 N–H and O–H groups in total. The van der Waals surface area contributed by atoms with Gasteiger partial charge in [0.05, 0.1) is 0 Å². The maximum Gasteiger partial charge on any atom is 0 e. The van der Waals surface area contributed by atoms with Crippen LogP contribution in [-0.2, 0) is 42.7 Å². The summed E-state index contributed by atoms with van der Waals surface area (Å²) in [6.45, 7) is 0. The van der Waals surface area contributed by atoms with E-state index in [1.54, 1.807) is 0 Å². The number of hydrogen-bond acceptors (Lipinski definition) is 1. The van der Waals surface area contributed by atoms with Crippen molar-refractivity contribution in [2.24, 2.45) is 0 Å². The molecule has 0 atom stereocenters. The van der Waals surface area contributed by atoms with Gasteiger partial charge in [0.25, 0.3) is 0 Å². The Bertz CT molecular complexity index is 62.2. The predicted molar refractivity (Wildman–Crippen MR) is 21.4 cm³/mol. The molecule has 0 spiro atoms. The fourth-order valence-corrected chi connectivity index (χ4v) is 0. The molecular formula is H4LiMnMoO4P. The van der Waals surface area contributed by atoms with Crippen molar-refractivity contribution in [2.75, 3.05) is 0 Å². The molecule has 0 unspecified atom stereocenters. The van der Waals surface area contributed by atoms with Crippen LogP contribution in [-0.4, -0.2) is 33.5 Å². The molecule has 0 saturated heterocycles. The van der Waals surface area contributed by atoms with E-state index in [1.165, 1.54) is 0 Å². The molecule has 0 aliphatic heterocycles. The van der Waals surface area contributed by atoms with E-state index in [0.29, 0.717) is 0 Å². The third-order valence-electron chi connectivity index (χ3n) is 0. The van der Waals surface area contributed by atoms with Crippen molar-refractivity contribution in [1.29, 1.82) is 0 Å². The van der Waals surface area contributed by atoms with E-state index in [0.717, 1.165) is 0 Å². The summed E-state index contributed by atoms with van der Waals surface area (Å²) in [4.78, 5) is 21.6. The van der Waals surface area contributed by atoms with Crippen molar-refractivity contribution in [2.45, 2.75) is 0 Å². The molecule has 0 amide bonds. The van der Waals surface area contributed by atoms with Gasteiger partial charge in [-0.25, -0.2) is 4.57 Å². The molecule has 8 heteroatoms. The van der Waals surface area contributed by atoms with E-state index in [1.807, 2.05) is 0 Å². The van der Waals surface area contributed by atoms with Gasteiger partial charge < -0.3 is 14.7 Å². The normalized spacial score (nSPS) is 7.38. The van der Waals surface area contributed by atoms with Gasteiger partial charge in [-0.05, 0) is 0 Å². The van der Waals surface area contributed by atoms with E-state index in [2.05, 4.69) is 0 Å². The SMILES string of the molecule is O=P(O)(O)O.[LiH].[Mn].[Mo]. The quantitative estimate of drug-likeness (QED) is 0.361. The Balaban J connectivity index is -0.0000000267. The molecule has 0 rings (SSSR count). The zero-order valence-electron chi connectivity index (χ0n) is 2.98. The van der Waals surface area contributed by atoms with Gasteiger partial charge in [0, 0.05) is 38.1 Å². The van der Waals surface area contributed by atoms with Gasteiger partial charge in [-0.1, -0.05) is 0 Å². The van der Waals surface area contributed by atoms with E-state index in [-0.39, 0.29) is 57.0 Å². The first-order valence-corrected chi connectivity index (χ1v) is 2.35. The Morgan fingerprint density at radius 1 is 1.12 bits per heavy atom. The Labute approximate surface area is 83.6 Å². The molecule has 0 heterocycles. The second-order valence-electron chi connectivity index (χ2n) is 0.513. The minimum absolute atomic E-state index is 0. The van der Waals surface area contributed by atoms with Gasteiger partial charge in [0.1, 0.15) is 0 Å². The van der Waals surface area contributed by atoms with E-state index >= 15 is 0 Å². The van der Waals surface area contributed by atoms with Gasteiger partial charge >= 0.3 is 26.7 Å². The third kappa shape index (κ3) is 103. The second kappa shape index (κ2) is 8.92. The molecule has 0 aromatic carbocycles. The summed E-state index contributed by atoms with van der Waals surface area (Å²) in [5, 5.41) is 0. The summed E-state index contributed by atoms with van der Waals surface area (Å²) in [6.07, 6.45) is 0. The maximum atomic E-state index is 8.88.